The monoisotopic (exact) mass is 1530 g/mol. The zero-order valence-electron chi connectivity index (χ0n) is 73.5. The van der Waals surface area contributed by atoms with Crippen LogP contribution in [0.5, 0.6) is 0 Å². The number of unbranched alkanes of at least 4 members (excludes halogenated alkanes) is 7. The molecule has 0 bridgehead atoms. The smallest absolute Gasteiger partial charge is 0.201 e. The molecule has 0 aliphatic heterocycles. The molecule has 4 fully saturated rings. The first-order valence-electron chi connectivity index (χ1n) is 45.6. The van der Waals surface area contributed by atoms with Crippen molar-refractivity contribution < 1.29 is 21.0 Å². The van der Waals surface area contributed by atoms with Gasteiger partial charge in [-0.3, -0.25) is 0 Å². The second-order valence-corrected chi connectivity index (χ2v) is 34.5. The van der Waals surface area contributed by atoms with E-state index in [1.165, 1.54) is 254 Å². The van der Waals surface area contributed by atoms with Gasteiger partial charge in [-0.1, -0.05) is 286 Å². The molecule has 4 heterocycles. The molecular formula is C111H134N4+4. The Kier molecular flexibility index (Phi) is 29.3. The SMILES string of the molecule is CCCCCCCc1ccc(-c2cc[n+](C)c(-c3ccccc3C)c2)cc1.Cc1ccccc1-c1cc(-c2ccc(C3CCC(C4CCCC4)C3)cc2)cc[n+]1C.Cc1ccccc1-c1cc(-c2ccc(C3CCC(C4CCCC4)CC3)cc2)cc[n+]1C.[2H]C([2H])(CCCCCC)c1ccc(-c2cc[n+](C)c(-c3ccccc3C)c2)cc1. The quantitative estimate of drug-likeness (QED) is 0.0423. The molecule has 4 nitrogen and oxygen atoms in total. The van der Waals surface area contributed by atoms with Crippen LogP contribution in [0.2, 0.25) is 0 Å². The van der Waals surface area contributed by atoms with E-state index in [0.717, 1.165) is 65.0 Å². The summed E-state index contributed by atoms with van der Waals surface area (Å²) in [6.45, 7) is 13.2. The van der Waals surface area contributed by atoms with Crippen LogP contribution >= 0.6 is 0 Å². The number of aromatic nitrogens is 4. The van der Waals surface area contributed by atoms with E-state index in [2.05, 4.69) is 343 Å². The van der Waals surface area contributed by atoms with Gasteiger partial charge >= 0.3 is 0 Å². The summed E-state index contributed by atoms with van der Waals surface area (Å²) in [7, 11) is 8.46. The summed E-state index contributed by atoms with van der Waals surface area (Å²) < 4.78 is 25.7. The van der Waals surface area contributed by atoms with Crippen LogP contribution in [0, 0.1) is 51.4 Å². The molecule has 0 spiro atoms. The first kappa shape index (κ1) is 80.5. The molecule has 0 amide bonds. The van der Waals surface area contributed by atoms with Gasteiger partial charge in [-0.15, -0.1) is 0 Å². The van der Waals surface area contributed by atoms with Crippen molar-refractivity contribution in [3.8, 4) is 89.5 Å². The summed E-state index contributed by atoms with van der Waals surface area (Å²) in [4.78, 5) is 0. The van der Waals surface area contributed by atoms with Crippen molar-refractivity contribution in [1.29, 1.82) is 0 Å². The second-order valence-electron chi connectivity index (χ2n) is 34.5. The first-order valence-corrected chi connectivity index (χ1v) is 44.6. The molecule has 4 aliphatic rings. The highest BCUT2D eigenvalue weighted by molar-refractivity contribution is 5.74. The number of hydrogen-bond acceptors (Lipinski definition) is 0. The molecule has 8 aromatic carbocycles. The molecule has 0 N–H and O–H groups in total. The summed E-state index contributed by atoms with van der Waals surface area (Å²) in [5, 5.41) is 0. The maximum absolute atomic E-state index is 8.44. The average Bonchev–Trinajstić information content (AvgIpc) is 1.11. The molecule has 16 rings (SSSR count). The Morgan fingerprint density at radius 2 is 0.574 bits per heavy atom. The lowest BCUT2D eigenvalue weighted by Crippen LogP contribution is -2.30. The molecule has 2 unspecified atom stereocenters. The van der Waals surface area contributed by atoms with Crippen LogP contribution in [0.15, 0.2) is 267 Å². The van der Waals surface area contributed by atoms with Gasteiger partial charge in [0.15, 0.2) is 24.8 Å². The summed E-state index contributed by atoms with van der Waals surface area (Å²) >= 11 is 0. The number of nitrogens with zero attached hydrogens (tertiary/aromatic N) is 4. The lowest BCUT2D eigenvalue weighted by atomic mass is 9.73. The van der Waals surface area contributed by atoms with E-state index in [4.69, 9.17) is 2.74 Å². The van der Waals surface area contributed by atoms with Gasteiger partial charge in [0.25, 0.3) is 0 Å². The standard InChI is InChI=1S/C30H36N.C29H34N.2C26H32N/c1-22-7-3-6-10-29(22)30-21-28(19-20-31(30)2)27-17-15-26(16-18-27)25-13-11-24(12-14-25)23-8-4-5-9-23;1-21-7-3-6-10-28(21)29-20-27(17-18-30(29)2)24-13-11-23(12-14-24)26-16-15-25(19-26)22-8-4-5-9-22;2*1-4-5-6-7-8-12-22-14-16-23(17-15-22)24-18-19-27(3)26(20-24)25-13-10-9-11-21(25)2/h3,6-7,10,15-21,23-25H,4-5,8-9,11-14H2,1-2H3;3,6-7,10-14,17-18,20,22,25-26H,4-5,8-9,15-16,19H2,1-2H3;2*9-11,13-20H,4-8,12H2,1-3H3/q4*+1/i;;12D2;. The molecule has 594 valence electrons. The highest BCUT2D eigenvalue weighted by Crippen LogP contribution is 2.48. The van der Waals surface area contributed by atoms with E-state index in [9.17, 15) is 0 Å². The number of rotatable bonds is 24. The fourth-order valence-electron chi connectivity index (χ4n) is 19.3. The van der Waals surface area contributed by atoms with E-state index < -0.39 is 6.37 Å². The third-order valence-corrected chi connectivity index (χ3v) is 26.5. The van der Waals surface area contributed by atoms with Gasteiger partial charge in [0.2, 0.25) is 22.8 Å². The minimum absolute atomic E-state index is 0.588. The van der Waals surface area contributed by atoms with E-state index >= 15 is 0 Å². The third kappa shape index (κ3) is 22.3. The average molecular weight is 1530 g/mol. The minimum Gasteiger partial charge on any atom is -0.201 e. The molecule has 0 radical (unpaired) electrons. The molecule has 4 aliphatic carbocycles. The van der Waals surface area contributed by atoms with Crippen molar-refractivity contribution in [1.82, 2.24) is 0 Å². The molecule has 12 aromatic rings. The predicted molar refractivity (Wildman–Crippen MR) is 487 cm³/mol. The topological polar surface area (TPSA) is 15.5 Å². The number of benzene rings is 8. The van der Waals surface area contributed by atoms with Gasteiger partial charge in [-0.2, -0.15) is 0 Å². The maximum Gasteiger partial charge on any atom is 0.213 e. The van der Waals surface area contributed by atoms with Gasteiger partial charge in [-0.05, 0) is 247 Å². The molecular weight excluding hydrogens is 1390 g/mol. The number of pyridine rings is 4. The molecule has 2 atom stereocenters. The lowest BCUT2D eigenvalue weighted by Gasteiger charge is -2.32. The summed E-state index contributed by atoms with van der Waals surface area (Å²) in [6, 6.07) is 88.5. The molecule has 115 heavy (non-hydrogen) atoms. The zero-order chi connectivity index (χ0) is 81.6. The molecule has 4 aromatic heterocycles. The van der Waals surface area contributed by atoms with Crippen LogP contribution in [0.3, 0.4) is 0 Å². The first-order chi connectivity index (χ1) is 57.0. The van der Waals surface area contributed by atoms with E-state index in [1.807, 2.05) is 12.1 Å². The van der Waals surface area contributed by atoms with Gasteiger partial charge in [0.1, 0.15) is 28.2 Å². The molecule has 0 saturated heterocycles. The van der Waals surface area contributed by atoms with E-state index in [-0.39, 0.29) is 0 Å². The van der Waals surface area contributed by atoms with Crippen molar-refractivity contribution >= 4 is 0 Å². The van der Waals surface area contributed by atoms with Crippen molar-refractivity contribution in [2.75, 3.05) is 0 Å². The minimum atomic E-state index is -1.26. The summed E-state index contributed by atoms with van der Waals surface area (Å²) in [5.41, 5.74) is 30.7. The summed E-state index contributed by atoms with van der Waals surface area (Å²) in [6.07, 6.45) is 42.1. The van der Waals surface area contributed by atoms with Crippen molar-refractivity contribution in [3.05, 3.63) is 312 Å². The Morgan fingerprint density at radius 1 is 0.278 bits per heavy atom. The number of hydrogen-bond donors (Lipinski definition) is 0. The fourth-order valence-corrected chi connectivity index (χ4v) is 19.3. The van der Waals surface area contributed by atoms with Gasteiger partial charge in [0, 0.05) is 73.5 Å². The maximum atomic E-state index is 8.44. The molecule has 4 heteroatoms. The summed E-state index contributed by atoms with van der Waals surface area (Å²) in [5.74, 6) is 5.62. The zero-order valence-corrected chi connectivity index (χ0v) is 71.5. The Bertz CT molecular complexity index is 5130. The second kappa shape index (κ2) is 41.8. The van der Waals surface area contributed by atoms with Crippen LogP contribution in [-0.2, 0) is 41.0 Å². The van der Waals surface area contributed by atoms with Crippen LogP contribution in [-0.4, -0.2) is 0 Å². The Morgan fingerprint density at radius 3 is 0.939 bits per heavy atom. The molecule has 4 saturated carbocycles. The number of aryl methyl sites for hydroxylation is 10. The van der Waals surface area contributed by atoms with Crippen LogP contribution in [0.25, 0.3) is 89.5 Å². The van der Waals surface area contributed by atoms with Gasteiger partial charge in [-0.25, -0.2) is 18.3 Å². The largest absolute Gasteiger partial charge is 0.213 e. The van der Waals surface area contributed by atoms with Gasteiger partial charge in [0.05, 0.1) is 0 Å². The Balaban J connectivity index is 0.000000136. The van der Waals surface area contributed by atoms with Crippen molar-refractivity contribution in [2.45, 2.75) is 227 Å². The van der Waals surface area contributed by atoms with Crippen molar-refractivity contribution in [3.63, 3.8) is 0 Å². The van der Waals surface area contributed by atoms with Crippen LogP contribution < -0.4 is 18.3 Å². The lowest BCUT2D eigenvalue weighted by molar-refractivity contribution is -0.660. The highest BCUT2D eigenvalue weighted by atomic mass is 14.9. The normalized spacial score (nSPS) is 17.2. The third-order valence-electron chi connectivity index (χ3n) is 26.5. The Hall–Kier alpha value is -9.64. The van der Waals surface area contributed by atoms with Crippen LogP contribution in [0.1, 0.15) is 233 Å². The van der Waals surface area contributed by atoms with Gasteiger partial charge < -0.3 is 0 Å². The van der Waals surface area contributed by atoms with Crippen LogP contribution in [0.4, 0.5) is 0 Å². The fraction of sp³-hybridized carbons (Fsp3) is 0.387. The van der Waals surface area contributed by atoms with E-state index in [1.54, 1.807) is 11.1 Å². The Labute approximate surface area is 696 Å². The van der Waals surface area contributed by atoms with Crippen molar-refractivity contribution in [2.24, 2.45) is 51.9 Å². The van der Waals surface area contributed by atoms with E-state index in [0.29, 0.717) is 6.42 Å². The predicted octanol–water partition coefficient (Wildman–Crippen LogP) is 28.2. The highest BCUT2D eigenvalue weighted by Gasteiger charge is 2.34.